The fourth-order valence-corrected chi connectivity index (χ4v) is 5.45. The van der Waals surface area contributed by atoms with Crippen molar-refractivity contribution in [2.24, 2.45) is 0 Å². The van der Waals surface area contributed by atoms with Gasteiger partial charge in [-0.15, -0.1) is 0 Å². The molecule has 0 saturated heterocycles. The number of rotatable bonds is 5. The second kappa shape index (κ2) is 7.48. The first-order valence-electron chi connectivity index (χ1n) is 8.13. The van der Waals surface area contributed by atoms with E-state index in [1.54, 1.807) is 31.2 Å². The summed E-state index contributed by atoms with van der Waals surface area (Å²) in [5, 5.41) is 5.10. The lowest BCUT2D eigenvalue weighted by atomic mass is 10.0. The molecule has 0 unspecified atom stereocenters. The van der Waals surface area contributed by atoms with Crippen molar-refractivity contribution < 1.29 is 4.57 Å². The zero-order valence-electron chi connectivity index (χ0n) is 14.3. The minimum atomic E-state index is -3.24. The molecule has 0 aliphatic heterocycles. The molecule has 0 aliphatic rings. The Morgan fingerprint density at radius 3 is 1.77 bits per heavy atom. The summed E-state index contributed by atoms with van der Waals surface area (Å²) in [4.78, 5) is 3.78. The van der Waals surface area contributed by atoms with E-state index in [0.29, 0.717) is 21.2 Å². The highest BCUT2D eigenvalue weighted by molar-refractivity contribution is 7.77. The van der Waals surface area contributed by atoms with E-state index in [4.69, 9.17) is 18.2 Å². The van der Waals surface area contributed by atoms with Crippen molar-refractivity contribution in [1.82, 2.24) is 5.09 Å². The summed E-state index contributed by atoms with van der Waals surface area (Å²) < 4.78 is 14.2. The second-order valence-electron chi connectivity index (χ2n) is 6.08. The summed E-state index contributed by atoms with van der Waals surface area (Å²) in [5.41, 5.74) is -0.449. The van der Waals surface area contributed by atoms with Gasteiger partial charge in [0, 0.05) is 22.6 Å². The first-order valence-corrected chi connectivity index (χ1v) is 10.2. The third-order valence-electron chi connectivity index (χ3n) is 4.24. The molecular weight excluding hydrogens is 363 g/mol. The standard InChI is InChI=1S/C21H18ClN2OP/c1-21(23-2,17-13-15-18(22)16-14-17)24-26(25,19-9-5-3-6-10-19)20-11-7-4-8-12-20/h3-16H,1H3,(H,24,25)/t21-/m1/s1. The summed E-state index contributed by atoms with van der Waals surface area (Å²) in [7, 11) is -3.24. The van der Waals surface area contributed by atoms with Gasteiger partial charge in [-0.05, 0) is 48.5 Å². The largest absolute Gasteiger partial charge is 0.315 e. The van der Waals surface area contributed by atoms with E-state index < -0.39 is 13.0 Å². The van der Waals surface area contributed by atoms with Crippen LogP contribution in [0.1, 0.15) is 12.5 Å². The maximum atomic E-state index is 14.2. The van der Waals surface area contributed by atoms with E-state index in [-0.39, 0.29) is 0 Å². The Bertz CT molecular complexity index is 925. The number of hydrogen-bond donors (Lipinski definition) is 1. The van der Waals surface area contributed by atoms with Crippen LogP contribution in [0.15, 0.2) is 84.9 Å². The molecule has 3 aromatic rings. The van der Waals surface area contributed by atoms with Crippen molar-refractivity contribution in [2.45, 2.75) is 12.6 Å². The fraction of sp³-hybridized carbons (Fsp3) is 0.0952. The normalized spacial score (nSPS) is 13.6. The van der Waals surface area contributed by atoms with Crippen molar-refractivity contribution in [2.75, 3.05) is 0 Å². The minimum Gasteiger partial charge on any atom is -0.296 e. The van der Waals surface area contributed by atoms with Crippen molar-refractivity contribution in [3.8, 4) is 0 Å². The van der Waals surface area contributed by atoms with E-state index in [9.17, 15) is 4.57 Å². The van der Waals surface area contributed by atoms with Crippen LogP contribution in [-0.4, -0.2) is 0 Å². The number of nitrogens with one attached hydrogen (secondary N) is 1. The van der Waals surface area contributed by atoms with Crippen LogP contribution < -0.4 is 15.7 Å². The average molecular weight is 381 g/mol. The zero-order valence-corrected chi connectivity index (χ0v) is 15.9. The Kier molecular flexibility index (Phi) is 5.30. The van der Waals surface area contributed by atoms with Crippen molar-refractivity contribution in [3.05, 3.63) is 107 Å². The Labute approximate surface area is 158 Å². The average Bonchev–Trinajstić information content (AvgIpc) is 2.69. The molecule has 0 radical (unpaired) electrons. The number of nitrogens with zero attached hydrogens (tertiary/aromatic N) is 1. The molecule has 0 amide bonds. The number of benzene rings is 3. The van der Waals surface area contributed by atoms with E-state index in [2.05, 4.69) is 9.93 Å². The molecule has 0 spiro atoms. The van der Waals surface area contributed by atoms with Gasteiger partial charge in [-0.25, -0.2) is 6.57 Å². The molecular formula is C21H18ClN2OP. The molecule has 1 atom stereocenters. The van der Waals surface area contributed by atoms with Crippen molar-refractivity contribution in [3.63, 3.8) is 0 Å². The van der Waals surface area contributed by atoms with Gasteiger partial charge < -0.3 is 0 Å². The third kappa shape index (κ3) is 3.59. The molecule has 0 saturated carbocycles. The number of halogens is 1. The number of hydrogen-bond acceptors (Lipinski definition) is 1. The highest BCUT2D eigenvalue weighted by atomic mass is 35.5. The molecule has 0 aromatic heterocycles. The van der Waals surface area contributed by atoms with Crippen LogP contribution >= 0.6 is 18.9 Å². The molecule has 3 aromatic carbocycles. The van der Waals surface area contributed by atoms with E-state index in [0.717, 1.165) is 0 Å². The molecule has 5 heteroatoms. The fourth-order valence-electron chi connectivity index (χ4n) is 2.79. The van der Waals surface area contributed by atoms with Gasteiger partial charge >= 0.3 is 5.66 Å². The van der Waals surface area contributed by atoms with Crippen LogP contribution in [0, 0.1) is 6.57 Å². The SMILES string of the molecule is [C-]#[N+][C@](C)(NP(=O)(c1ccccc1)c1ccccc1)c1ccc(Cl)cc1. The van der Waals surface area contributed by atoms with E-state index in [1.807, 2.05) is 60.7 Å². The van der Waals surface area contributed by atoms with E-state index >= 15 is 0 Å². The lowest BCUT2D eigenvalue weighted by molar-refractivity contribution is 0.522. The van der Waals surface area contributed by atoms with Gasteiger partial charge in [-0.2, -0.15) is 5.09 Å². The smallest absolute Gasteiger partial charge is 0.296 e. The predicted molar refractivity (Wildman–Crippen MR) is 108 cm³/mol. The first kappa shape index (κ1) is 18.4. The molecule has 1 N–H and O–H groups in total. The van der Waals surface area contributed by atoms with Crippen LogP contribution in [-0.2, 0) is 10.2 Å². The molecule has 3 nitrogen and oxygen atoms in total. The minimum absolute atomic E-state index is 0.593. The molecule has 26 heavy (non-hydrogen) atoms. The van der Waals surface area contributed by atoms with Gasteiger partial charge in [0.1, 0.15) is 0 Å². The van der Waals surface area contributed by atoms with Crippen LogP contribution in [0.4, 0.5) is 0 Å². The predicted octanol–water partition coefficient (Wildman–Crippen LogP) is 4.95. The molecule has 0 heterocycles. The van der Waals surface area contributed by atoms with E-state index in [1.165, 1.54) is 0 Å². The van der Waals surface area contributed by atoms with Crippen LogP contribution in [0.25, 0.3) is 4.85 Å². The summed E-state index contributed by atoms with van der Waals surface area (Å²) in [6.07, 6.45) is 0. The van der Waals surface area contributed by atoms with Crippen LogP contribution in [0.5, 0.6) is 0 Å². The van der Waals surface area contributed by atoms with Crippen LogP contribution in [0.2, 0.25) is 5.02 Å². The molecule has 130 valence electrons. The lowest BCUT2D eigenvalue weighted by Gasteiger charge is -2.27. The highest BCUT2D eigenvalue weighted by Gasteiger charge is 2.42. The van der Waals surface area contributed by atoms with Gasteiger partial charge in [-0.3, -0.25) is 9.41 Å². The third-order valence-corrected chi connectivity index (χ3v) is 7.30. The highest BCUT2D eigenvalue weighted by Crippen LogP contribution is 2.44. The first-order chi connectivity index (χ1) is 12.5. The summed E-state index contributed by atoms with van der Waals surface area (Å²) in [6.45, 7) is 9.50. The summed E-state index contributed by atoms with van der Waals surface area (Å²) in [5.74, 6) is 0. The Morgan fingerprint density at radius 1 is 0.885 bits per heavy atom. The molecule has 0 aliphatic carbocycles. The Morgan fingerprint density at radius 2 is 1.35 bits per heavy atom. The maximum Gasteiger partial charge on any atom is 0.315 e. The Balaban J connectivity index is 2.13. The quantitative estimate of drug-likeness (QED) is 0.502. The van der Waals surface area contributed by atoms with Gasteiger partial charge in [0.15, 0.2) is 0 Å². The van der Waals surface area contributed by atoms with Crippen LogP contribution in [0.3, 0.4) is 0 Å². The summed E-state index contributed by atoms with van der Waals surface area (Å²) in [6, 6.07) is 25.5. The van der Waals surface area contributed by atoms with Crippen molar-refractivity contribution >= 4 is 29.5 Å². The van der Waals surface area contributed by atoms with Crippen molar-refractivity contribution in [1.29, 1.82) is 0 Å². The zero-order chi connectivity index (χ0) is 18.6. The van der Waals surface area contributed by atoms with Gasteiger partial charge in [0.2, 0.25) is 7.29 Å². The monoisotopic (exact) mass is 380 g/mol. The maximum absolute atomic E-state index is 14.2. The topological polar surface area (TPSA) is 33.5 Å². The second-order valence-corrected chi connectivity index (χ2v) is 8.99. The summed E-state index contributed by atoms with van der Waals surface area (Å²) >= 11 is 5.98. The molecule has 0 bridgehead atoms. The molecule has 0 fully saturated rings. The van der Waals surface area contributed by atoms with Gasteiger partial charge in [0.05, 0.1) is 5.56 Å². The van der Waals surface area contributed by atoms with Gasteiger partial charge in [-0.1, -0.05) is 48.0 Å². The Hall–Kier alpha value is -2.37. The van der Waals surface area contributed by atoms with Gasteiger partial charge in [0.25, 0.3) is 0 Å². The molecule has 3 rings (SSSR count). The lowest BCUT2D eigenvalue weighted by Crippen LogP contribution is -2.40.